The van der Waals surface area contributed by atoms with Gasteiger partial charge in [0.1, 0.15) is 0 Å². The van der Waals surface area contributed by atoms with Crippen LogP contribution in [0.2, 0.25) is 5.02 Å². The van der Waals surface area contributed by atoms with Crippen LogP contribution in [-0.4, -0.2) is 18.5 Å². The van der Waals surface area contributed by atoms with Crippen molar-refractivity contribution in [2.45, 2.75) is 25.3 Å². The highest BCUT2D eigenvalue weighted by Crippen LogP contribution is 2.26. The van der Waals surface area contributed by atoms with Crippen LogP contribution in [0.1, 0.15) is 19.3 Å². The topological polar surface area (TPSA) is 41.1 Å². The van der Waals surface area contributed by atoms with Crippen molar-refractivity contribution in [2.24, 2.45) is 0 Å². The molecule has 1 saturated heterocycles. The van der Waals surface area contributed by atoms with Gasteiger partial charge in [-0.2, -0.15) is 0 Å². The molecule has 1 aromatic carbocycles. The third-order valence-electron chi connectivity index (χ3n) is 2.81. The van der Waals surface area contributed by atoms with Gasteiger partial charge in [0.2, 0.25) is 5.91 Å². The number of hydrogen-bond donors (Lipinski definition) is 2. The molecule has 1 aliphatic rings. The van der Waals surface area contributed by atoms with Gasteiger partial charge in [-0.3, -0.25) is 4.79 Å². The van der Waals surface area contributed by atoms with Crippen LogP contribution in [-0.2, 0) is 4.79 Å². The molecule has 1 atom stereocenters. The van der Waals surface area contributed by atoms with Crippen LogP contribution >= 0.6 is 27.5 Å². The lowest BCUT2D eigenvalue weighted by Crippen LogP contribution is -2.43. The molecule has 92 valence electrons. The van der Waals surface area contributed by atoms with Gasteiger partial charge >= 0.3 is 0 Å². The van der Waals surface area contributed by atoms with Gasteiger partial charge in [-0.05, 0) is 53.5 Å². The molecule has 0 aromatic heterocycles. The highest BCUT2D eigenvalue weighted by molar-refractivity contribution is 9.10. The molecule has 0 unspecified atom stereocenters. The predicted octanol–water partition coefficient (Wildman–Crippen LogP) is 3.18. The Balaban J connectivity index is 2.04. The molecule has 0 spiro atoms. The van der Waals surface area contributed by atoms with Crippen LogP contribution in [0.15, 0.2) is 22.7 Å². The molecule has 0 aliphatic carbocycles. The minimum atomic E-state index is -0.0883. The number of benzene rings is 1. The van der Waals surface area contributed by atoms with Crippen molar-refractivity contribution < 1.29 is 4.79 Å². The Morgan fingerprint density at radius 2 is 2.29 bits per heavy atom. The van der Waals surface area contributed by atoms with Crippen LogP contribution in [0.25, 0.3) is 0 Å². The van der Waals surface area contributed by atoms with Gasteiger partial charge in [-0.25, -0.2) is 0 Å². The summed E-state index contributed by atoms with van der Waals surface area (Å²) in [4.78, 5) is 12.0. The maximum Gasteiger partial charge on any atom is 0.241 e. The third-order valence-corrected chi connectivity index (χ3v) is 3.74. The Hall–Kier alpha value is -0.580. The smallest absolute Gasteiger partial charge is 0.241 e. The molecule has 5 heteroatoms. The highest BCUT2D eigenvalue weighted by atomic mass is 79.9. The summed E-state index contributed by atoms with van der Waals surface area (Å²) in [7, 11) is 0. The number of anilines is 1. The predicted molar refractivity (Wildman–Crippen MR) is 73.4 cm³/mol. The van der Waals surface area contributed by atoms with E-state index in [2.05, 4.69) is 26.6 Å². The summed E-state index contributed by atoms with van der Waals surface area (Å²) in [6.07, 6.45) is 3.14. The van der Waals surface area contributed by atoms with Crippen molar-refractivity contribution in [3.63, 3.8) is 0 Å². The van der Waals surface area contributed by atoms with E-state index in [1.165, 1.54) is 0 Å². The maximum atomic E-state index is 12.0. The van der Waals surface area contributed by atoms with E-state index in [9.17, 15) is 4.79 Å². The fourth-order valence-corrected chi connectivity index (χ4v) is 2.41. The zero-order valence-electron chi connectivity index (χ0n) is 9.30. The lowest BCUT2D eigenvalue weighted by Gasteiger charge is -2.22. The molecule has 17 heavy (non-hydrogen) atoms. The fourth-order valence-electron chi connectivity index (χ4n) is 1.89. The van der Waals surface area contributed by atoms with Gasteiger partial charge in [0.15, 0.2) is 0 Å². The van der Waals surface area contributed by atoms with Gasteiger partial charge in [0, 0.05) is 9.50 Å². The number of amides is 1. The SMILES string of the molecule is O=C(Nc1cc(Cl)ccc1Br)[C@@H]1CCCCN1. The van der Waals surface area contributed by atoms with Crippen LogP contribution in [0, 0.1) is 0 Å². The number of nitrogens with one attached hydrogen (secondary N) is 2. The molecule has 0 bridgehead atoms. The summed E-state index contributed by atoms with van der Waals surface area (Å²) in [5.41, 5.74) is 0.717. The van der Waals surface area contributed by atoms with Crippen molar-refractivity contribution in [1.29, 1.82) is 0 Å². The molecule has 1 aliphatic heterocycles. The van der Waals surface area contributed by atoms with E-state index in [0.717, 1.165) is 36.0 Å². The van der Waals surface area contributed by atoms with E-state index in [-0.39, 0.29) is 11.9 Å². The Bertz CT molecular complexity index is 419. The van der Waals surface area contributed by atoms with Gasteiger partial charge in [-0.15, -0.1) is 0 Å². The first-order valence-corrected chi connectivity index (χ1v) is 6.83. The minimum Gasteiger partial charge on any atom is -0.324 e. The highest BCUT2D eigenvalue weighted by Gasteiger charge is 2.20. The van der Waals surface area contributed by atoms with E-state index < -0.39 is 0 Å². The summed E-state index contributed by atoms with van der Waals surface area (Å²) in [6.45, 7) is 0.912. The average Bonchev–Trinajstić information content (AvgIpc) is 2.35. The van der Waals surface area contributed by atoms with E-state index >= 15 is 0 Å². The molecule has 0 radical (unpaired) electrons. The molecule has 3 nitrogen and oxygen atoms in total. The first kappa shape index (κ1) is 12.9. The summed E-state index contributed by atoms with van der Waals surface area (Å²) in [5.74, 6) is 0.00710. The molecular formula is C12H14BrClN2O. The van der Waals surface area contributed by atoms with Gasteiger partial charge in [-0.1, -0.05) is 18.0 Å². The number of hydrogen-bond acceptors (Lipinski definition) is 2. The minimum absolute atomic E-state index is 0.00710. The summed E-state index contributed by atoms with van der Waals surface area (Å²) in [5, 5.41) is 6.71. The number of piperidine rings is 1. The second-order valence-electron chi connectivity index (χ2n) is 4.12. The molecule has 1 aromatic rings. The summed E-state index contributed by atoms with van der Waals surface area (Å²) < 4.78 is 0.839. The average molecular weight is 318 g/mol. The zero-order chi connectivity index (χ0) is 12.3. The number of carbonyl (C=O) groups excluding carboxylic acids is 1. The molecule has 1 fully saturated rings. The van der Waals surface area contributed by atoms with Crippen molar-refractivity contribution in [3.05, 3.63) is 27.7 Å². The Labute approximate surface area is 114 Å². The van der Waals surface area contributed by atoms with Crippen LogP contribution in [0.4, 0.5) is 5.69 Å². The molecule has 1 heterocycles. The van der Waals surface area contributed by atoms with E-state index in [1.54, 1.807) is 12.1 Å². The van der Waals surface area contributed by atoms with Crippen molar-refractivity contribution >= 4 is 39.1 Å². The number of halogens is 2. The van der Waals surface area contributed by atoms with Crippen LogP contribution < -0.4 is 10.6 Å². The first-order valence-electron chi connectivity index (χ1n) is 5.66. The second-order valence-corrected chi connectivity index (χ2v) is 5.41. The second kappa shape index (κ2) is 5.85. The first-order chi connectivity index (χ1) is 8.16. The van der Waals surface area contributed by atoms with Crippen LogP contribution in [0.5, 0.6) is 0 Å². The number of rotatable bonds is 2. The van der Waals surface area contributed by atoms with Crippen LogP contribution in [0.3, 0.4) is 0 Å². The molecular weight excluding hydrogens is 304 g/mol. The van der Waals surface area contributed by atoms with Gasteiger partial charge < -0.3 is 10.6 Å². The van der Waals surface area contributed by atoms with Crippen molar-refractivity contribution in [1.82, 2.24) is 5.32 Å². The fraction of sp³-hybridized carbons (Fsp3) is 0.417. The van der Waals surface area contributed by atoms with E-state index in [4.69, 9.17) is 11.6 Å². The van der Waals surface area contributed by atoms with Gasteiger partial charge in [0.25, 0.3) is 0 Å². The van der Waals surface area contributed by atoms with Crippen molar-refractivity contribution in [2.75, 3.05) is 11.9 Å². The van der Waals surface area contributed by atoms with Crippen molar-refractivity contribution in [3.8, 4) is 0 Å². The summed E-state index contributed by atoms with van der Waals surface area (Å²) in [6, 6.07) is 5.26. The van der Waals surface area contributed by atoms with E-state index in [0.29, 0.717) is 5.02 Å². The molecule has 1 amide bonds. The largest absolute Gasteiger partial charge is 0.324 e. The summed E-state index contributed by atoms with van der Waals surface area (Å²) >= 11 is 9.29. The monoisotopic (exact) mass is 316 g/mol. The molecule has 0 saturated carbocycles. The van der Waals surface area contributed by atoms with Gasteiger partial charge in [0.05, 0.1) is 11.7 Å². The zero-order valence-corrected chi connectivity index (χ0v) is 11.6. The standard InChI is InChI=1S/C12H14BrClN2O/c13-9-5-4-8(14)7-11(9)16-12(17)10-3-1-2-6-15-10/h4-5,7,10,15H,1-3,6H2,(H,16,17)/t10-/m0/s1. The lowest BCUT2D eigenvalue weighted by atomic mass is 10.0. The quantitative estimate of drug-likeness (QED) is 0.879. The molecule has 2 N–H and O–H groups in total. The Morgan fingerprint density at radius 3 is 3.00 bits per heavy atom. The number of carbonyl (C=O) groups is 1. The molecule has 2 rings (SSSR count). The maximum absolute atomic E-state index is 12.0. The normalized spacial score (nSPS) is 20.0. The Kier molecular flexibility index (Phi) is 4.42. The van der Waals surface area contributed by atoms with E-state index in [1.807, 2.05) is 6.07 Å². The Morgan fingerprint density at radius 1 is 1.47 bits per heavy atom. The lowest BCUT2D eigenvalue weighted by molar-refractivity contribution is -0.118. The third kappa shape index (κ3) is 3.44.